The minimum atomic E-state index is -0.0494. The maximum Gasteiger partial charge on any atom is 0.195 e. The standard InChI is InChI=1S/C18H16ClN3O2.ClH/c19-13-5-6-14-16-15(13)18(24)12-4-2-1-3-11(12)17(16)21-22(14)9-7-20-8-10-23;/h1-6,20,23H,7-10H2;1H. The first-order chi connectivity index (χ1) is 11.7. The van der Waals surface area contributed by atoms with Crippen LogP contribution in [0.2, 0.25) is 5.02 Å². The van der Waals surface area contributed by atoms with Gasteiger partial charge < -0.3 is 10.4 Å². The van der Waals surface area contributed by atoms with Crippen molar-refractivity contribution in [2.24, 2.45) is 0 Å². The molecule has 130 valence electrons. The molecule has 5 nitrogen and oxygen atoms in total. The monoisotopic (exact) mass is 377 g/mol. The summed E-state index contributed by atoms with van der Waals surface area (Å²) in [5.74, 6) is -0.0494. The van der Waals surface area contributed by atoms with Crippen LogP contribution in [0.3, 0.4) is 0 Å². The summed E-state index contributed by atoms with van der Waals surface area (Å²) in [5.41, 5.74) is 3.74. The molecular weight excluding hydrogens is 361 g/mol. The SMILES string of the molecule is Cl.O=C1c2ccccc2-c2nn(CCNCCO)c3ccc(Cl)c1c23. The lowest BCUT2D eigenvalue weighted by Gasteiger charge is -2.15. The highest BCUT2D eigenvalue weighted by Crippen LogP contribution is 2.41. The zero-order valence-electron chi connectivity index (χ0n) is 13.3. The summed E-state index contributed by atoms with van der Waals surface area (Å²) in [5, 5.41) is 18.0. The number of nitrogens with zero attached hydrogens (tertiary/aromatic N) is 2. The number of fused-ring (bicyclic) bond motifs is 2. The molecule has 0 unspecified atom stereocenters. The van der Waals surface area contributed by atoms with Crippen molar-refractivity contribution < 1.29 is 9.90 Å². The highest BCUT2D eigenvalue weighted by atomic mass is 35.5. The molecule has 0 fully saturated rings. The summed E-state index contributed by atoms with van der Waals surface area (Å²) in [6, 6.07) is 11.2. The lowest BCUT2D eigenvalue weighted by molar-refractivity contribution is 0.104. The molecule has 1 aromatic heterocycles. The summed E-state index contributed by atoms with van der Waals surface area (Å²) in [6.07, 6.45) is 0. The van der Waals surface area contributed by atoms with Gasteiger partial charge in [-0.05, 0) is 12.1 Å². The van der Waals surface area contributed by atoms with Crippen molar-refractivity contribution in [3.63, 3.8) is 0 Å². The quantitative estimate of drug-likeness (QED) is 0.524. The zero-order chi connectivity index (χ0) is 16.7. The Balaban J connectivity index is 0.00000182. The van der Waals surface area contributed by atoms with E-state index in [0.29, 0.717) is 35.8 Å². The van der Waals surface area contributed by atoms with E-state index in [1.54, 1.807) is 6.07 Å². The fraction of sp³-hybridized carbons (Fsp3) is 0.222. The molecule has 0 amide bonds. The third-order valence-corrected chi connectivity index (χ3v) is 4.63. The Morgan fingerprint density at radius 2 is 1.88 bits per heavy atom. The van der Waals surface area contributed by atoms with Gasteiger partial charge in [-0.2, -0.15) is 5.10 Å². The second-order valence-corrected chi connectivity index (χ2v) is 6.14. The summed E-state index contributed by atoms with van der Waals surface area (Å²) >= 11 is 6.33. The molecule has 7 heteroatoms. The van der Waals surface area contributed by atoms with Crippen molar-refractivity contribution in [2.45, 2.75) is 6.54 Å². The van der Waals surface area contributed by atoms with Crippen LogP contribution < -0.4 is 5.32 Å². The first-order valence-electron chi connectivity index (χ1n) is 7.87. The smallest absolute Gasteiger partial charge is 0.195 e. The van der Waals surface area contributed by atoms with E-state index in [1.165, 1.54) is 0 Å². The summed E-state index contributed by atoms with van der Waals surface area (Å²) in [6.45, 7) is 1.98. The summed E-state index contributed by atoms with van der Waals surface area (Å²) in [7, 11) is 0. The van der Waals surface area contributed by atoms with Gasteiger partial charge in [0.1, 0.15) is 5.69 Å². The van der Waals surface area contributed by atoms with E-state index in [0.717, 1.165) is 22.2 Å². The van der Waals surface area contributed by atoms with E-state index < -0.39 is 0 Å². The number of ketones is 1. The Labute approximate surface area is 156 Å². The minimum absolute atomic E-state index is 0. The third-order valence-electron chi connectivity index (χ3n) is 4.31. The Morgan fingerprint density at radius 1 is 1.12 bits per heavy atom. The van der Waals surface area contributed by atoms with Gasteiger partial charge in [0.05, 0.1) is 29.3 Å². The number of carbonyl (C=O) groups excluding carboxylic acids is 1. The molecule has 4 rings (SSSR count). The van der Waals surface area contributed by atoms with Crippen LogP contribution in [0.15, 0.2) is 36.4 Å². The van der Waals surface area contributed by atoms with Crippen LogP contribution >= 0.6 is 24.0 Å². The molecule has 1 aliphatic carbocycles. The van der Waals surface area contributed by atoms with Crippen molar-refractivity contribution in [3.05, 3.63) is 52.5 Å². The van der Waals surface area contributed by atoms with E-state index in [1.807, 2.05) is 35.0 Å². The maximum atomic E-state index is 12.9. The molecule has 1 heterocycles. The highest BCUT2D eigenvalue weighted by molar-refractivity contribution is 6.39. The molecule has 2 N–H and O–H groups in total. The largest absolute Gasteiger partial charge is 0.395 e. The van der Waals surface area contributed by atoms with Crippen molar-refractivity contribution in [1.82, 2.24) is 15.1 Å². The Hall–Kier alpha value is -1.92. The average Bonchev–Trinajstić information content (AvgIpc) is 2.97. The predicted molar refractivity (Wildman–Crippen MR) is 101 cm³/mol. The van der Waals surface area contributed by atoms with Gasteiger partial charge in [-0.3, -0.25) is 9.48 Å². The number of aliphatic hydroxyl groups excluding tert-OH is 1. The van der Waals surface area contributed by atoms with E-state index in [2.05, 4.69) is 5.32 Å². The number of benzene rings is 2. The van der Waals surface area contributed by atoms with Gasteiger partial charge in [0.15, 0.2) is 5.78 Å². The van der Waals surface area contributed by atoms with Crippen LogP contribution in [0.25, 0.3) is 22.2 Å². The fourth-order valence-corrected chi connectivity index (χ4v) is 3.48. The van der Waals surface area contributed by atoms with Gasteiger partial charge in [-0.25, -0.2) is 0 Å². The van der Waals surface area contributed by atoms with Crippen LogP contribution in [-0.4, -0.2) is 40.4 Å². The molecule has 0 bridgehead atoms. The molecule has 0 atom stereocenters. The van der Waals surface area contributed by atoms with Crippen molar-refractivity contribution >= 4 is 40.7 Å². The van der Waals surface area contributed by atoms with Crippen LogP contribution in [0, 0.1) is 0 Å². The van der Waals surface area contributed by atoms with Crippen LogP contribution in [0.4, 0.5) is 0 Å². The topological polar surface area (TPSA) is 67.2 Å². The van der Waals surface area contributed by atoms with Crippen molar-refractivity contribution in [1.29, 1.82) is 0 Å². The van der Waals surface area contributed by atoms with Crippen LogP contribution in [0.5, 0.6) is 0 Å². The van der Waals surface area contributed by atoms with Gasteiger partial charge >= 0.3 is 0 Å². The van der Waals surface area contributed by atoms with Crippen LogP contribution in [0.1, 0.15) is 15.9 Å². The molecule has 0 saturated carbocycles. The van der Waals surface area contributed by atoms with Gasteiger partial charge in [0, 0.05) is 29.6 Å². The zero-order valence-corrected chi connectivity index (χ0v) is 14.9. The number of hydrogen-bond donors (Lipinski definition) is 2. The summed E-state index contributed by atoms with van der Waals surface area (Å²) < 4.78 is 1.89. The lowest BCUT2D eigenvalue weighted by atomic mass is 9.87. The Morgan fingerprint density at radius 3 is 2.64 bits per heavy atom. The number of halogens is 2. The first-order valence-corrected chi connectivity index (χ1v) is 8.25. The molecule has 1 aliphatic rings. The average molecular weight is 378 g/mol. The van der Waals surface area contributed by atoms with Crippen molar-refractivity contribution in [3.8, 4) is 11.3 Å². The molecule has 0 saturated heterocycles. The first kappa shape index (κ1) is 17.9. The maximum absolute atomic E-state index is 12.9. The summed E-state index contributed by atoms with van der Waals surface area (Å²) in [4.78, 5) is 12.9. The highest BCUT2D eigenvalue weighted by Gasteiger charge is 2.30. The van der Waals surface area contributed by atoms with Gasteiger partial charge in [0.25, 0.3) is 0 Å². The Bertz CT molecular complexity index is 953. The predicted octanol–water partition coefficient (Wildman–Crippen LogP) is 2.90. The molecule has 25 heavy (non-hydrogen) atoms. The molecule has 0 spiro atoms. The molecular formula is C18H17Cl2N3O2. The number of aliphatic hydroxyl groups is 1. The van der Waals surface area contributed by atoms with Crippen molar-refractivity contribution in [2.75, 3.05) is 19.7 Å². The minimum Gasteiger partial charge on any atom is -0.395 e. The lowest BCUT2D eigenvalue weighted by Crippen LogP contribution is -2.23. The number of hydrogen-bond acceptors (Lipinski definition) is 4. The van der Waals surface area contributed by atoms with E-state index in [9.17, 15) is 4.79 Å². The molecule has 3 aromatic rings. The Kier molecular flexibility index (Phi) is 5.11. The second-order valence-electron chi connectivity index (χ2n) is 5.74. The van der Waals surface area contributed by atoms with E-state index >= 15 is 0 Å². The molecule has 0 aliphatic heterocycles. The number of rotatable bonds is 5. The third kappa shape index (κ3) is 2.83. The molecule has 0 radical (unpaired) electrons. The molecule has 2 aromatic carbocycles. The fourth-order valence-electron chi connectivity index (χ4n) is 3.24. The van der Waals surface area contributed by atoms with E-state index in [-0.39, 0.29) is 24.8 Å². The number of carbonyl (C=O) groups is 1. The number of aromatic nitrogens is 2. The van der Waals surface area contributed by atoms with Gasteiger partial charge in [-0.15, -0.1) is 12.4 Å². The normalized spacial score (nSPS) is 12.2. The van der Waals surface area contributed by atoms with E-state index in [4.69, 9.17) is 21.8 Å². The van der Waals surface area contributed by atoms with Crippen LogP contribution in [-0.2, 0) is 6.54 Å². The number of nitrogens with one attached hydrogen (secondary N) is 1. The second kappa shape index (κ2) is 7.14. The van der Waals surface area contributed by atoms with Gasteiger partial charge in [-0.1, -0.05) is 35.9 Å². The van der Waals surface area contributed by atoms with Gasteiger partial charge in [0.2, 0.25) is 0 Å².